The predicted molar refractivity (Wildman–Crippen MR) is 165 cm³/mol. The zero-order valence-corrected chi connectivity index (χ0v) is 26.6. The van der Waals surface area contributed by atoms with Crippen LogP contribution in [0.4, 0.5) is 0 Å². The molecule has 0 saturated heterocycles. The number of aliphatic hydroxyl groups is 1. The van der Waals surface area contributed by atoms with Gasteiger partial charge in [0, 0.05) is 12.5 Å². The van der Waals surface area contributed by atoms with Crippen LogP contribution in [0.15, 0.2) is 54.3 Å². The molecule has 4 aliphatic rings. The molecule has 2 bridgehead atoms. The highest BCUT2D eigenvalue weighted by Gasteiger charge is 2.72. The van der Waals surface area contributed by atoms with Crippen molar-refractivity contribution in [3.05, 3.63) is 71.0 Å². The molecule has 8 atom stereocenters. The first kappa shape index (κ1) is 31.6. The third-order valence-electron chi connectivity index (χ3n) is 10.2. The first-order valence-corrected chi connectivity index (χ1v) is 15.7. The topological polar surface area (TPSA) is 149 Å². The van der Waals surface area contributed by atoms with Crippen molar-refractivity contribution in [2.45, 2.75) is 88.7 Å². The molecule has 11 heteroatoms. The summed E-state index contributed by atoms with van der Waals surface area (Å²) in [6.45, 7) is 6.29. The van der Waals surface area contributed by atoms with Crippen molar-refractivity contribution < 1.29 is 43.2 Å². The number of ether oxygens (including phenoxy) is 4. The minimum absolute atomic E-state index is 0.0106. The van der Waals surface area contributed by atoms with E-state index < -0.39 is 59.1 Å². The second-order valence-corrected chi connectivity index (χ2v) is 12.9. The number of carbonyl (C=O) groups excluding carboxylic acids is 4. The Bertz CT molecular complexity index is 1610. The SMILES string of the molecule is COc1ccc2c3c1O[C@H]1C(OC(=O)[C@H](C)OC(=O)[C@H](C)NC(=O)[C@@H](NC(C)=O)c4ccccc4)=CC[C@@]4(O)[C@@H](C2)C(C)CC[C@]314. The molecule has 0 radical (unpaired) electrons. The molecule has 46 heavy (non-hydrogen) atoms. The number of hydrogen-bond donors (Lipinski definition) is 3. The molecule has 1 heterocycles. The van der Waals surface area contributed by atoms with E-state index in [2.05, 4.69) is 17.6 Å². The molecule has 6 rings (SSSR count). The van der Waals surface area contributed by atoms with E-state index in [1.807, 2.05) is 12.1 Å². The van der Waals surface area contributed by atoms with Gasteiger partial charge >= 0.3 is 11.9 Å². The second-order valence-electron chi connectivity index (χ2n) is 12.9. The van der Waals surface area contributed by atoms with Crippen LogP contribution in [-0.2, 0) is 40.5 Å². The van der Waals surface area contributed by atoms with Crippen molar-refractivity contribution in [1.29, 1.82) is 0 Å². The summed E-state index contributed by atoms with van der Waals surface area (Å²) in [5.74, 6) is -0.998. The standard InChI is InChI=1S/C35H40N2O9/c1-18-13-15-34-27-23-11-12-25(43-5)29(27)46-30(34)26(14-16-35(34,42)24(18)17-23)45-33(41)20(3)44-32(40)19(2)36-31(39)28(37-21(4)38)22-9-7-6-8-10-22/h6-12,14,18-20,24,28,30,42H,13,15-17H2,1-5H3,(H,36,39)(H,37,38)/t18?,19-,20-,24-,28-,30-,34-,35+/m0/s1. The number of hydrogen-bond acceptors (Lipinski definition) is 9. The lowest BCUT2D eigenvalue weighted by Gasteiger charge is -2.61. The number of amides is 2. The number of esters is 2. The van der Waals surface area contributed by atoms with Crippen LogP contribution < -0.4 is 20.1 Å². The zero-order chi connectivity index (χ0) is 33.0. The molecular formula is C35H40N2O9. The van der Waals surface area contributed by atoms with Gasteiger partial charge in [0.2, 0.25) is 11.8 Å². The maximum absolute atomic E-state index is 13.3. The van der Waals surface area contributed by atoms with Crippen LogP contribution >= 0.6 is 0 Å². The van der Waals surface area contributed by atoms with E-state index in [-0.39, 0.29) is 18.1 Å². The molecule has 3 aliphatic carbocycles. The molecule has 2 aromatic rings. The Hall–Kier alpha value is -4.38. The van der Waals surface area contributed by atoms with E-state index in [0.717, 1.165) is 24.0 Å². The van der Waals surface area contributed by atoms with E-state index >= 15 is 0 Å². The molecule has 1 saturated carbocycles. The van der Waals surface area contributed by atoms with E-state index in [4.69, 9.17) is 18.9 Å². The Morgan fingerprint density at radius 2 is 1.78 bits per heavy atom. The van der Waals surface area contributed by atoms with Gasteiger partial charge in [0.15, 0.2) is 23.7 Å². The van der Waals surface area contributed by atoms with Crippen LogP contribution in [0.5, 0.6) is 11.5 Å². The van der Waals surface area contributed by atoms with Crippen LogP contribution in [-0.4, -0.2) is 59.8 Å². The number of methoxy groups -OCH3 is 1. The highest BCUT2D eigenvalue weighted by atomic mass is 16.6. The highest BCUT2D eigenvalue weighted by molar-refractivity contribution is 5.91. The lowest BCUT2D eigenvalue weighted by Crippen LogP contribution is -2.69. The van der Waals surface area contributed by atoms with E-state index in [1.165, 1.54) is 20.8 Å². The van der Waals surface area contributed by atoms with Gasteiger partial charge in [0.05, 0.1) is 18.1 Å². The van der Waals surface area contributed by atoms with Gasteiger partial charge in [-0.3, -0.25) is 9.59 Å². The first-order valence-electron chi connectivity index (χ1n) is 15.7. The summed E-state index contributed by atoms with van der Waals surface area (Å²) in [6.07, 6.45) is 2.19. The van der Waals surface area contributed by atoms with Gasteiger partial charge in [-0.15, -0.1) is 0 Å². The summed E-state index contributed by atoms with van der Waals surface area (Å²) >= 11 is 0. The van der Waals surface area contributed by atoms with Gasteiger partial charge in [-0.2, -0.15) is 0 Å². The Kier molecular flexibility index (Phi) is 8.08. The predicted octanol–water partition coefficient (Wildman–Crippen LogP) is 3.17. The van der Waals surface area contributed by atoms with E-state index in [9.17, 15) is 24.3 Å². The lowest BCUT2D eigenvalue weighted by atomic mass is 9.45. The Balaban J connectivity index is 1.16. The largest absolute Gasteiger partial charge is 0.493 e. The van der Waals surface area contributed by atoms with Crippen LogP contribution in [0, 0.1) is 11.8 Å². The smallest absolute Gasteiger partial charge is 0.352 e. The molecule has 1 fully saturated rings. The molecule has 3 N–H and O–H groups in total. The highest BCUT2D eigenvalue weighted by Crippen LogP contribution is 2.68. The number of rotatable bonds is 9. The van der Waals surface area contributed by atoms with E-state index in [0.29, 0.717) is 29.4 Å². The number of carbonyl (C=O) groups is 4. The Morgan fingerprint density at radius 1 is 1.04 bits per heavy atom. The Morgan fingerprint density at radius 3 is 2.48 bits per heavy atom. The summed E-state index contributed by atoms with van der Waals surface area (Å²) in [4.78, 5) is 51.1. The maximum atomic E-state index is 13.3. The van der Waals surface area contributed by atoms with Crippen molar-refractivity contribution in [2.75, 3.05) is 7.11 Å². The van der Waals surface area contributed by atoms with Gasteiger partial charge in [-0.1, -0.05) is 43.3 Å². The average Bonchev–Trinajstić information content (AvgIpc) is 3.39. The third-order valence-corrected chi connectivity index (χ3v) is 10.2. The van der Waals surface area contributed by atoms with Crippen LogP contribution in [0.2, 0.25) is 0 Å². The van der Waals surface area contributed by atoms with Gasteiger partial charge in [0.25, 0.3) is 0 Å². The molecule has 0 aromatic heterocycles. The quantitative estimate of drug-likeness (QED) is 0.355. The molecular weight excluding hydrogens is 592 g/mol. The Labute approximate surface area is 267 Å². The number of nitrogens with one attached hydrogen (secondary N) is 2. The number of benzene rings is 2. The van der Waals surface area contributed by atoms with Crippen molar-refractivity contribution >= 4 is 23.8 Å². The minimum Gasteiger partial charge on any atom is -0.493 e. The van der Waals surface area contributed by atoms with Gasteiger partial charge in [0.1, 0.15) is 17.8 Å². The normalized spacial score (nSPS) is 28.7. The van der Waals surface area contributed by atoms with Crippen molar-refractivity contribution in [3.63, 3.8) is 0 Å². The molecule has 1 unspecified atom stereocenters. The van der Waals surface area contributed by atoms with Gasteiger partial charge in [-0.25, -0.2) is 9.59 Å². The molecule has 244 valence electrons. The monoisotopic (exact) mass is 632 g/mol. The van der Waals surface area contributed by atoms with Crippen molar-refractivity contribution in [2.24, 2.45) is 11.8 Å². The fourth-order valence-corrected chi connectivity index (χ4v) is 7.99. The molecule has 1 spiro atoms. The fourth-order valence-electron chi connectivity index (χ4n) is 7.99. The minimum atomic E-state index is -1.31. The van der Waals surface area contributed by atoms with E-state index in [1.54, 1.807) is 43.5 Å². The van der Waals surface area contributed by atoms with Crippen molar-refractivity contribution in [3.8, 4) is 11.5 Å². The summed E-state index contributed by atoms with van der Waals surface area (Å²) in [6, 6.07) is 10.4. The van der Waals surface area contributed by atoms with Crippen LogP contribution in [0.1, 0.15) is 69.7 Å². The second kappa shape index (κ2) is 11.8. The lowest BCUT2D eigenvalue weighted by molar-refractivity contribution is -0.176. The summed E-state index contributed by atoms with van der Waals surface area (Å²) in [5, 5.41) is 17.5. The van der Waals surface area contributed by atoms with Gasteiger partial charge < -0.3 is 34.7 Å². The third kappa shape index (κ3) is 4.92. The maximum Gasteiger partial charge on any atom is 0.352 e. The first-order chi connectivity index (χ1) is 21.9. The molecule has 2 aromatic carbocycles. The van der Waals surface area contributed by atoms with Crippen LogP contribution in [0.25, 0.3) is 0 Å². The van der Waals surface area contributed by atoms with Crippen molar-refractivity contribution in [1.82, 2.24) is 10.6 Å². The van der Waals surface area contributed by atoms with Crippen LogP contribution in [0.3, 0.4) is 0 Å². The summed E-state index contributed by atoms with van der Waals surface area (Å²) < 4.78 is 23.4. The summed E-state index contributed by atoms with van der Waals surface area (Å²) in [5.41, 5.74) is 0.682. The van der Waals surface area contributed by atoms with Gasteiger partial charge in [-0.05, 0) is 74.6 Å². The molecule has 2 amide bonds. The summed E-state index contributed by atoms with van der Waals surface area (Å²) in [7, 11) is 1.57. The molecule has 1 aliphatic heterocycles. The molecule has 11 nitrogen and oxygen atoms in total. The fraction of sp³-hybridized carbons (Fsp3) is 0.486. The average molecular weight is 633 g/mol. The zero-order valence-electron chi connectivity index (χ0n) is 26.6.